The normalized spacial score (nSPS) is 19.5. The van der Waals surface area contributed by atoms with Crippen molar-refractivity contribution < 1.29 is 23.9 Å². The number of thiazole rings is 1. The summed E-state index contributed by atoms with van der Waals surface area (Å²) >= 11 is 3.66. The molecule has 6 rings (SSSR count). The molecule has 2 aliphatic heterocycles. The van der Waals surface area contributed by atoms with Gasteiger partial charge >= 0.3 is 10.8 Å². The van der Waals surface area contributed by atoms with Gasteiger partial charge in [-0.1, -0.05) is 47.4 Å². The number of nitrogens with zero attached hydrogens (tertiary/aromatic N) is 2. The Bertz CT molecular complexity index is 1700. The van der Waals surface area contributed by atoms with Crippen molar-refractivity contribution in [2.45, 2.75) is 29.7 Å². The molecular formula is C29H23N3O6S3. The van der Waals surface area contributed by atoms with E-state index in [1.54, 1.807) is 55.5 Å². The van der Waals surface area contributed by atoms with Crippen LogP contribution in [0.2, 0.25) is 0 Å². The van der Waals surface area contributed by atoms with E-state index in [9.17, 15) is 24.0 Å². The maximum atomic E-state index is 13.8. The molecule has 3 amide bonds. The van der Waals surface area contributed by atoms with E-state index in [2.05, 4.69) is 5.32 Å². The number of anilines is 2. The number of carbonyl (C=O) groups excluding carboxylic acids is 4. The lowest BCUT2D eigenvalue weighted by atomic mass is 9.87. The lowest BCUT2D eigenvalue weighted by Gasteiger charge is -2.29. The van der Waals surface area contributed by atoms with E-state index in [1.807, 2.05) is 23.6 Å². The summed E-state index contributed by atoms with van der Waals surface area (Å²) < 4.78 is 6.37. The molecule has 1 fully saturated rings. The molecule has 0 spiro atoms. The second kappa shape index (κ2) is 11.1. The maximum absolute atomic E-state index is 13.8. The van der Waals surface area contributed by atoms with Crippen molar-refractivity contribution in [1.29, 1.82) is 0 Å². The molecule has 1 saturated heterocycles. The van der Waals surface area contributed by atoms with Gasteiger partial charge in [0.2, 0.25) is 17.7 Å². The van der Waals surface area contributed by atoms with E-state index in [4.69, 9.17) is 4.74 Å². The van der Waals surface area contributed by atoms with Crippen LogP contribution in [0.5, 0.6) is 0 Å². The van der Waals surface area contributed by atoms with Crippen LogP contribution in [0, 0.1) is 5.92 Å². The van der Waals surface area contributed by atoms with Crippen molar-refractivity contribution in [2.75, 3.05) is 16.8 Å². The molecule has 3 atom stereocenters. The number of para-hydroxylation sites is 1. The Morgan fingerprint density at radius 1 is 0.951 bits per heavy atom. The topological polar surface area (TPSA) is 115 Å². The zero-order chi connectivity index (χ0) is 28.7. The largest absolute Gasteiger partial charge is 0.462 e. The first kappa shape index (κ1) is 27.2. The smallest absolute Gasteiger partial charge is 0.338 e. The first-order valence-electron chi connectivity index (χ1n) is 12.8. The van der Waals surface area contributed by atoms with Crippen LogP contribution in [0.1, 0.15) is 33.0 Å². The molecule has 0 unspecified atom stereocenters. The summed E-state index contributed by atoms with van der Waals surface area (Å²) in [6.07, 6.45) is 0. The van der Waals surface area contributed by atoms with Gasteiger partial charge in [-0.25, -0.2) is 9.69 Å². The summed E-state index contributed by atoms with van der Waals surface area (Å²) in [5.41, 5.74) is 1.33. The molecule has 1 N–H and O–H groups in total. The first-order valence-corrected chi connectivity index (χ1v) is 15.4. The fourth-order valence-electron chi connectivity index (χ4n) is 5.11. The van der Waals surface area contributed by atoms with E-state index in [0.29, 0.717) is 26.8 Å². The minimum absolute atomic E-state index is 0.258. The van der Waals surface area contributed by atoms with Crippen molar-refractivity contribution in [3.05, 3.63) is 97.1 Å². The number of imide groups is 1. The SMILES string of the molecule is CCOC(=O)c1ccc(NC(=O)Cn2c3c(sc2=O)[C@@H](c2cccs2)[C@@H]2C(=O)N(c4ccccc4)C(=O)[C@@H]2S3)cc1. The quantitative estimate of drug-likeness (QED) is 0.242. The molecule has 0 bridgehead atoms. The average Bonchev–Trinajstić information content (AvgIpc) is 3.67. The van der Waals surface area contributed by atoms with Crippen LogP contribution in [0.25, 0.3) is 0 Å². The Balaban J connectivity index is 1.30. The van der Waals surface area contributed by atoms with Gasteiger partial charge in [0.15, 0.2) is 0 Å². The van der Waals surface area contributed by atoms with Gasteiger partial charge in [-0.05, 0) is 54.8 Å². The molecule has 4 aromatic rings. The van der Waals surface area contributed by atoms with Gasteiger partial charge in [-0.3, -0.25) is 23.7 Å². The van der Waals surface area contributed by atoms with Crippen LogP contribution in [0.15, 0.2) is 81.9 Å². The molecule has 9 nitrogen and oxygen atoms in total. The van der Waals surface area contributed by atoms with E-state index in [0.717, 1.165) is 16.2 Å². The number of thioether (sulfide) groups is 1. The highest BCUT2D eigenvalue weighted by Crippen LogP contribution is 2.54. The molecule has 208 valence electrons. The number of ether oxygens (including phenoxy) is 1. The molecule has 0 aliphatic carbocycles. The van der Waals surface area contributed by atoms with Gasteiger partial charge in [0, 0.05) is 21.4 Å². The number of rotatable bonds is 7. The van der Waals surface area contributed by atoms with Gasteiger partial charge in [0.25, 0.3) is 0 Å². The number of hydrogen-bond donors (Lipinski definition) is 1. The second-order valence-corrected chi connectivity index (χ2v) is 12.5. The van der Waals surface area contributed by atoms with E-state index in [-0.39, 0.29) is 29.8 Å². The second-order valence-electron chi connectivity index (χ2n) is 9.37. The molecule has 2 aromatic carbocycles. The van der Waals surface area contributed by atoms with Crippen molar-refractivity contribution in [3.63, 3.8) is 0 Å². The highest BCUT2D eigenvalue weighted by atomic mass is 32.2. The standard InChI is InChI=1S/C29H23N3O6S3/c1-2-38-28(36)16-10-12-17(13-11-16)30-20(33)15-31-27-24(41-29(31)37)21(19-9-6-14-39-19)22-23(40-27)26(35)32(25(22)34)18-7-4-3-5-8-18/h3-14,21-23H,2,15H2,1H3,(H,30,33)/t21-,22-,23+/m0/s1. The van der Waals surface area contributed by atoms with Crippen LogP contribution >= 0.6 is 34.4 Å². The average molecular weight is 606 g/mol. The summed E-state index contributed by atoms with van der Waals surface area (Å²) in [6.45, 7) is 1.71. The molecule has 0 saturated carbocycles. The fourth-order valence-corrected chi connectivity index (χ4v) is 8.83. The highest BCUT2D eigenvalue weighted by Gasteiger charge is 2.57. The zero-order valence-corrected chi connectivity index (χ0v) is 24.1. The molecular weight excluding hydrogens is 583 g/mol. The summed E-state index contributed by atoms with van der Waals surface area (Å²) in [4.78, 5) is 68.1. The van der Waals surface area contributed by atoms with Gasteiger partial charge in [-0.15, -0.1) is 11.3 Å². The number of aromatic nitrogens is 1. The summed E-state index contributed by atoms with van der Waals surface area (Å²) in [6, 6.07) is 18.9. The van der Waals surface area contributed by atoms with E-state index >= 15 is 0 Å². The number of esters is 1. The van der Waals surface area contributed by atoms with Crippen LogP contribution in [-0.4, -0.2) is 40.1 Å². The number of benzene rings is 2. The van der Waals surface area contributed by atoms with Crippen LogP contribution in [-0.2, 0) is 25.7 Å². The Morgan fingerprint density at radius 2 is 1.71 bits per heavy atom. The van der Waals surface area contributed by atoms with Crippen molar-refractivity contribution in [3.8, 4) is 0 Å². The highest BCUT2D eigenvalue weighted by molar-refractivity contribution is 8.00. The van der Waals surface area contributed by atoms with Gasteiger partial charge in [-0.2, -0.15) is 0 Å². The monoisotopic (exact) mass is 605 g/mol. The van der Waals surface area contributed by atoms with E-state index in [1.165, 1.54) is 32.6 Å². The number of amides is 3. The predicted octanol–water partition coefficient (Wildman–Crippen LogP) is 4.58. The van der Waals surface area contributed by atoms with Crippen LogP contribution in [0.4, 0.5) is 11.4 Å². The zero-order valence-electron chi connectivity index (χ0n) is 21.6. The Labute approximate surface area is 246 Å². The lowest BCUT2D eigenvalue weighted by Crippen LogP contribution is -2.32. The lowest BCUT2D eigenvalue weighted by molar-refractivity contribution is -0.122. The minimum Gasteiger partial charge on any atom is -0.462 e. The molecule has 4 heterocycles. The number of nitrogens with one attached hydrogen (secondary N) is 1. The predicted molar refractivity (Wildman–Crippen MR) is 158 cm³/mol. The van der Waals surface area contributed by atoms with Crippen molar-refractivity contribution in [1.82, 2.24) is 4.57 Å². The molecule has 12 heteroatoms. The summed E-state index contributed by atoms with van der Waals surface area (Å²) in [5, 5.41) is 4.46. The molecule has 0 radical (unpaired) electrons. The number of hydrogen-bond acceptors (Lipinski definition) is 9. The molecule has 41 heavy (non-hydrogen) atoms. The minimum atomic E-state index is -0.735. The third-order valence-corrected chi connectivity index (χ3v) is 10.5. The van der Waals surface area contributed by atoms with Crippen molar-refractivity contribution >= 4 is 69.5 Å². The molecule has 2 aromatic heterocycles. The number of fused-ring (bicyclic) bond motifs is 2. The van der Waals surface area contributed by atoms with E-state index < -0.39 is 29.0 Å². The molecule has 2 aliphatic rings. The maximum Gasteiger partial charge on any atom is 0.338 e. The Hall–Kier alpha value is -4.00. The first-order chi connectivity index (χ1) is 19.9. The van der Waals surface area contributed by atoms with Crippen molar-refractivity contribution in [2.24, 2.45) is 5.92 Å². The van der Waals surface area contributed by atoms with Gasteiger partial charge < -0.3 is 10.1 Å². The fraction of sp³-hybridized carbons (Fsp3) is 0.207. The Kier molecular flexibility index (Phi) is 7.37. The third-order valence-electron chi connectivity index (χ3n) is 6.89. The van der Waals surface area contributed by atoms with Crippen LogP contribution < -0.4 is 15.1 Å². The van der Waals surface area contributed by atoms with Gasteiger partial charge in [0.1, 0.15) is 11.8 Å². The van der Waals surface area contributed by atoms with Crippen LogP contribution in [0.3, 0.4) is 0 Å². The summed E-state index contributed by atoms with van der Waals surface area (Å²) in [5.74, 6) is -2.66. The number of carbonyl (C=O) groups is 4. The Morgan fingerprint density at radius 3 is 2.39 bits per heavy atom. The third kappa shape index (κ3) is 4.92. The van der Waals surface area contributed by atoms with Gasteiger partial charge in [0.05, 0.1) is 28.8 Å². The summed E-state index contributed by atoms with van der Waals surface area (Å²) in [7, 11) is 0. The number of thiophene rings is 1.